The zero-order valence-corrected chi connectivity index (χ0v) is 21.5. The molecule has 3 aromatic rings. The van der Waals surface area contributed by atoms with Gasteiger partial charge in [0.05, 0.1) is 28.7 Å². The van der Waals surface area contributed by atoms with Gasteiger partial charge in [-0.1, -0.05) is 5.16 Å². The van der Waals surface area contributed by atoms with Crippen molar-refractivity contribution in [3.8, 4) is 0 Å². The SMILES string of the molecule is O=C(O)c1cc(F)c2nc(C3(O)CCC(OCc4c(C5CCC(F)(F)CC5)noc4C4CC4)CC3)sc2c1. The van der Waals surface area contributed by atoms with E-state index in [0.717, 1.165) is 47.3 Å². The lowest BCUT2D eigenvalue weighted by molar-refractivity contribution is -0.0644. The summed E-state index contributed by atoms with van der Waals surface area (Å²) in [6, 6.07) is 2.32. The number of ether oxygens (including phenoxy) is 1. The summed E-state index contributed by atoms with van der Waals surface area (Å²) < 4.78 is 54.2. The lowest BCUT2D eigenvalue weighted by atomic mass is 9.83. The van der Waals surface area contributed by atoms with Gasteiger partial charge in [0.15, 0.2) is 5.82 Å². The molecule has 204 valence electrons. The number of carbonyl (C=O) groups is 1. The van der Waals surface area contributed by atoms with Crippen LogP contribution >= 0.6 is 11.3 Å². The van der Waals surface area contributed by atoms with E-state index in [-0.39, 0.29) is 35.9 Å². The fourth-order valence-electron chi connectivity index (χ4n) is 5.74. The third kappa shape index (κ3) is 4.96. The Bertz CT molecular complexity index is 1350. The molecule has 3 saturated carbocycles. The highest BCUT2D eigenvalue weighted by molar-refractivity contribution is 7.18. The van der Waals surface area contributed by atoms with E-state index in [1.54, 1.807) is 0 Å². The number of rotatable bonds is 7. The minimum absolute atomic E-state index is 0.0537. The van der Waals surface area contributed by atoms with Gasteiger partial charge >= 0.3 is 5.97 Å². The van der Waals surface area contributed by atoms with E-state index >= 15 is 0 Å². The van der Waals surface area contributed by atoms with Gasteiger partial charge < -0.3 is 19.5 Å². The van der Waals surface area contributed by atoms with Crippen LogP contribution in [-0.4, -0.2) is 38.3 Å². The first-order valence-corrected chi connectivity index (χ1v) is 14.0. The quantitative estimate of drug-likeness (QED) is 0.340. The van der Waals surface area contributed by atoms with E-state index in [4.69, 9.17) is 9.26 Å². The molecule has 6 rings (SSSR count). The van der Waals surface area contributed by atoms with Crippen molar-refractivity contribution >= 4 is 27.5 Å². The van der Waals surface area contributed by atoms with E-state index < -0.39 is 23.3 Å². The van der Waals surface area contributed by atoms with Gasteiger partial charge in [-0.2, -0.15) is 0 Å². The van der Waals surface area contributed by atoms with Crippen LogP contribution in [0.15, 0.2) is 16.7 Å². The second-order valence-corrected chi connectivity index (χ2v) is 12.0. The number of aromatic carboxylic acids is 1. The first-order chi connectivity index (χ1) is 18.1. The molecule has 38 heavy (non-hydrogen) atoms. The highest BCUT2D eigenvalue weighted by Gasteiger charge is 2.41. The fraction of sp³-hybridized carbons (Fsp3) is 0.593. The number of alkyl halides is 2. The monoisotopic (exact) mass is 550 g/mol. The van der Waals surface area contributed by atoms with Crippen molar-refractivity contribution in [2.45, 2.75) is 100 Å². The van der Waals surface area contributed by atoms with Gasteiger partial charge in [-0.3, -0.25) is 0 Å². The van der Waals surface area contributed by atoms with Crippen LogP contribution in [0.4, 0.5) is 13.2 Å². The van der Waals surface area contributed by atoms with Gasteiger partial charge in [0.25, 0.3) is 0 Å². The van der Waals surface area contributed by atoms with Crippen LogP contribution in [0.5, 0.6) is 0 Å². The Morgan fingerprint density at radius 2 is 1.79 bits per heavy atom. The van der Waals surface area contributed by atoms with Crippen molar-refractivity contribution in [3.05, 3.63) is 45.5 Å². The van der Waals surface area contributed by atoms with Gasteiger partial charge in [0.2, 0.25) is 5.92 Å². The number of hydrogen-bond acceptors (Lipinski definition) is 7. The average molecular weight is 551 g/mol. The lowest BCUT2D eigenvalue weighted by Crippen LogP contribution is -2.34. The van der Waals surface area contributed by atoms with Crippen molar-refractivity contribution in [2.75, 3.05) is 0 Å². The molecule has 3 fully saturated rings. The summed E-state index contributed by atoms with van der Waals surface area (Å²) in [5.74, 6) is -3.47. The zero-order chi connectivity index (χ0) is 26.7. The van der Waals surface area contributed by atoms with Gasteiger partial charge in [-0.15, -0.1) is 11.3 Å². The molecule has 7 nitrogen and oxygen atoms in total. The molecule has 0 aliphatic heterocycles. The Kier molecular flexibility index (Phi) is 6.51. The molecule has 0 spiro atoms. The smallest absolute Gasteiger partial charge is 0.335 e. The minimum Gasteiger partial charge on any atom is -0.478 e. The van der Waals surface area contributed by atoms with Crippen LogP contribution in [0, 0.1) is 5.82 Å². The van der Waals surface area contributed by atoms with E-state index in [9.17, 15) is 28.2 Å². The van der Waals surface area contributed by atoms with E-state index in [1.165, 1.54) is 6.07 Å². The fourth-order valence-corrected chi connectivity index (χ4v) is 6.91. The molecule has 1 aromatic carbocycles. The summed E-state index contributed by atoms with van der Waals surface area (Å²) in [5, 5.41) is 25.2. The number of benzene rings is 1. The summed E-state index contributed by atoms with van der Waals surface area (Å²) in [5.41, 5.74) is 0.324. The number of carboxylic acids is 1. The number of fused-ring (bicyclic) bond motifs is 1. The van der Waals surface area contributed by atoms with Gasteiger partial charge in [-0.25, -0.2) is 22.9 Å². The second kappa shape index (κ2) is 9.60. The molecular weight excluding hydrogens is 521 g/mol. The highest BCUT2D eigenvalue weighted by Crippen LogP contribution is 2.47. The van der Waals surface area contributed by atoms with Crippen molar-refractivity contribution in [3.63, 3.8) is 0 Å². The summed E-state index contributed by atoms with van der Waals surface area (Å²) in [7, 11) is 0. The molecule has 0 saturated heterocycles. The van der Waals surface area contributed by atoms with Crippen LogP contribution in [0.1, 0.15) is 108 Å². The lowest BCUT2D eigenvalue weighted by Gasteiger charge is -2.34. The van der Waals surface area contributed by atoms with Gasteiger partial charge in [0, 0.05) is 30.2 Å². The molecule has 0 amide bonds. The molecule has 11 heteroatoms. The first-order valence-electron chi connectivity index (χ1n) is 13.2. The molecular formula is C27H29F3N2O5S. The Balaban J connectivity index is 1.12. The van der Waals surface area contributed by atoms with Crippen LogP contribution in [0.3, 0.4) is 0 Å². The van der Waals surface area contributed by atoms with E-state index in [2.05, 4.69) is 10.1 Å². The second-order valence-electron chi connectivity index (χ2n) is 11.0. The molecule has 0 unspecified atom stereocenters. The molecule has 2 heterocycles. The number of hydrogen-bond donors (Lipinski definition) is 2. The molecule has 3 aliphatic carbocycles. The molecule has 3 aliphatic rings. The van der Waals surface area contributed by atoms with Crippen molar-refractivity contribution < 1.29 is 37.4 Å². The molecule has 0 radical (unpaired) electrons. The van der Waals surface area contributed by atoms with Crippen LogP contribution in [0.25, 0.3) is 10.2 Å². The maximum Gasteiger partial charge on any atom is 0.335 e. The predicted octanol–water partition coefficient (Wildman–Crippen LogP) is 6.64. The maximum absolute atomic E-state index is 14.4. The van der Waals surface area contributed by atoms with Crippen LogP contribution in [-0.2, 0) is 16.9 Å². The normalized spacial score (nSPS) is 26.2. The van der Waals surface area contributed by atoms with Crippen LogP contribution < -0.4 is 0 Å². The topological polar surface area (TPSA) is 106 Å². The Labute approximate surface area is 221 Å². The zero-order valence-electron chi connectivity index (χ0n) is 20.7. The van der Waals surface area contributed by atoms with Crippen molar-refractivity contribution in [1.29, 1.82) is 0 Å². The van der Waals surface area contributed by atoms with Crippen molar-refractivity contribution in [2.24, 2.45) is 0 Å². The minimum atomic E-state index is -2.61. The van der Waals surface area contributed by atoms with Crippen molar-refractivity contribution in [1.82, 2.24) is 10.1 Å². The summed E-state index contributed by atoms with van der Waals surface area (Å²) in [6.07, 6.45) is 4.27. The maximum atomic E-state index is 14.4. The van der Waals surface area contributed by atoms with Gasteiger partial charge in [0.1, 0.15) is 21.9 Å². The highest BCUT2D eigenvalue weighted by atomic mass is 32.1. The number of aliphatic hydroxyl groups is 1. The number of carboxylic acid groups (broad SMARTS) is 1. The Hall–Kier alpha value is -2.50. The molecule has 0 atom stereocenters. The van der Waals surface area contributed by atoms with E-state index in [1.807, 2.05) is 0 Å². The largest absolute Gasteiger partial charge is 0.478 e. The number of nitrogens with zero attached hydrogens (tertiary/aromatic N) is 2. The Morgan fingerprint density at radius 3 is 2.45 bits per heavy atom. The number of thiazole rings is 1. The number of halogens is 3. The van der Waals surface area contributed by atoms with E-state index in [0.29, 0.717) is 60.8 Å². The summed E-state index contributed by atoms with van der Waals surface area (Å²) >= 11 is 1.11. The standard InChI is InChI=1S/C27H29F3N2O5S/c28-19-11-16(24(33)34)12-20-22(19)31-25(38-20)26(35)7-5-17(6-8-26)36-13-18-21(32-37-23(18)15-1-2-15)14-3-9-27(29,30)10-4-14/h11-12,14-15,17,35H,1-10,13H2,(H,33,34). The molecule has 2 N–H and O–H groups in total. The number of aromatic nitrogens is 2. The summed E-state index contributed by atoms with van der Waals surface area (Å²) in [6.45, 7) is 0.297. The van der Waals surface area contributed by atoms with Crippen LogP contribution in [0.2, 0.25) is 0 Å². The third-order valence-electron chi connectivity index (χ3n) is 8.22. The van der Waals surface area contributed by atoms with Gasteiger partial charge in [-0.05, 0) is 63.5 Å². The molecule has 0 bridgehead atoms. The Morgan fingerprint density at radius 1 is 1.08 bits per heavy atom. The average Bonchev–Trinajstić information content (AvgIpc) is 3.47. The third-order valence-corrected chi connectivity index (χ3v) is 9.41. The summed E-state index contributed by atoms with van der Waals surface area (Å²) in [4.78, 5) is 15.6. The first kappa shape index (κ1) is 25.8. The molecule has 2 aromatic heterocycles. The predicted molar refractivity (Wildman–Crippen MR) is 132 cm³/mol.